The lowest BCUT2D eigenvalue weighted by molar-refractivity contribution is -0.274. The van der Waals surface area contributed by atoms with Crippen molar-refractivity contribution in [3.63, 3.8) is 0 Å². The van der Waals surface area contributed by atoms with Crippen molar-refractivity contribution in [1.29, 1.82) is 0 Å². The SMILES string of the molecule is Cc1nc(-c2nc(-c3ccc(OC(F)(F)F)cc3)no2)oc1Cc1cccc(N2CCN(C)CC2)c1. The van der Waals surface area contributed by atoms with E-state index in [-0.39, 0.29) is 23.4 Å². The molecular formula is C25H24F3N5O3. The van der Waals surface area contributed by atoms with Gasteiger partial charge in [-0.1, -0.05) is 17.3 Å². The van der Waals surface area contributed by atoms with Crippen molar-refractivity contribution < 1.29 is 26.8 Å². The molecule has 2 aromatic heterocycles. The molecule has 0 saturated carbocycles. The molecule has 5 rings (SSSR count). The fourth-order valence-electron chi connectivity index (χ4n) is 4.03. The summed E-state index contributed by atoms with van der Waals surface area (Å²) in [5.41, 5.74) is 3.46. The zero-order chi connectivity index (χ0) is 25.3. The zero-order valence-corrected chi connectivity index (χ0v) is 19.7. The second kappa shape index (κ2) is 9.65. The van der Waals surface area contributed by atoms with E-state index in [0.29, 0.717) is 23.4 Å². The van der Waals surface area contributed by atoms with Gasteiger partial charge >= 0.3 is 12.3 Å². The molecule has 36 heavy (non-hydrogen) atoms. The Kier molecular flexibility index (Phi) is 6.40. The number of halogens is 3. The molecule has 0 unspecified atom stereocenters. The lowest BCUT2D eigenvalue weighted by atomic mass is 10.1. The standard InChI is InChI=1S/C25H24F3N5O3/c1-16-21(15-17-4-3-5-19(14-17)33-12-10-32(2)11-13-33)34-23(29-16)24-30-22(31-36-24)18-6-8-20(9-7-18)35-25(26,27)28/h3-9,14H,10-13,15H2,1-2H3. The van der Waals surface area contributed by atoms with E-state index in [9.17, 15) is 13.2 Å². The van der Waals surface area contributed by atoms with Gasteiger partial charge in [0.2, 0.25) is 5.82 Å². The van der Waals surface area contributed by atoms with E-state index in [2.05, 4.69) is 54.9 Å². The van der Waals surface area contributed by atoms with Gasteiger partial charge in [0.1, 0.15) is 11.5 Å². The van der Waals surface area contributed by atoms with Gasteiger partial charge in [-0.2, -0.15) is 4.98 Å². The summed E-state index contributed by atoms with van der Waals surface area (Å²) in [6, 6.07) is 13.6. The number of ether oxygens (including phenoxy) is 1. The molecular weight excluding hydrogens is 475 g/mol. The van der Waals surface area contributed by atoms with Gasteiger partial charge in [0, 0.05) is 43.9 Å². The van der Waals surface area contributed by atoms with Gasteiger partial charge in [-0.3, -0.25) is 0 Å². The van der Waals surface area contributed by atoms with E-state index in [1.165, 1.54) is 30.0 Å². The summed E-state index contributed by atoms with van der Waals surface area (Å²) in [6.45, 7) is 5.90. The van der Waals surface area contributed by atoms with Gasteiger partial charge < -0.3 is 23.5 Å². The van der Waals surface area contributed by atoms with Crippen molar-refractivity contribution in [1.82, 2.24) is 20.0 Å². The number of oxazole rings is 1. The molecule has 8 nitrogen and oxygen atoms in total. The third-order valence-electron chi connectivity index (χ3n) is 5.99. The predicted octanol–water partition coefficient (Wildman–Crippen LogP) is 4.94. The summed E-state index contributed by atoms with van der Waals surface area (Å²) >= 11 is 0. The molecule has 1 saturated heterocycles. The van der Waals surface area contributed by atoms with Gasteiger partial charge in [0.05, 0.1) is 5.69 Å². The monoisotopic (exact) mass is 499 g/mol. The Morgan fingerprint density at radius 2 is 1.72 bits per heavy atom. The van der Waals surface area contributed by atoms with E-state index in [4.69, 9.17) is 8.94 Å². The highest BCUT2D eigenvalue weighted by molar-refractivity contribution is 5.57. The second-order valence-corrected chi connectivity index (χ2v) is 8.66. The predicted molar refractivity (Wildman–Crippen MR) is 126 cm³/mol. The van der Waals surface area contributed by atoms with E-state index in [1.54, 1.807) is 0 Å². The number of rotatable bonds is 6. The van der Waals surface area contributed by atoms with Crippen molar-refractivity contribution in [2.45, 2.75) is 19.7 Å². The highest BCUT2D eigenvalue weighted by Gasteiger charge is 2.31. The van der Waals surface area contributed by atoms with Gasteiger partial charge in [0.25, 0.3) is 5.89 Å². The first-order valence-electron chi connectivity index (χ1n) is 11.4. The molecule has 1 fully saturated rings. The average molecular weight is 499 g/mol. The highest BCUT2D eigenvalue weighted by Crippen LogP contribution is 2.28. The van der Waals surface area contributed by atoms with Gasteiger partial charge in [-0.25, -0.2) is 4.98 Å². The Balaban J connectivity index is 1.29. The Hall–Kier alpha value is -3.86. The van der Waals surface area contributed by atoms with Crippen molar-refractivity contribution in [2.75, 3.05) is 38.1 Å². The van der Waals surface area contributed by atoms with Crippen LogP contribution in [0.15, 0.2) is 57.5 Å². The Morgan fingerprint density at radius 1 is 0.972 bits per heavy atom. The smallest absolute Gasteiger partial charge is 0.437 e. The Labute approximate surface area is 205 Å². The molecule has 188 valence electrons. The molecule has 0 amide bonds. The third-order valence-corrected chi connectivity index (χ3v) is 5.99. The van der Waals surface area contributed by atoms with Gasteiger partial charge in [-0.15, -0.1) is 13.2 Å². The topological polar surface area (TPSA) is 80.7 Å². The number of alkyl halides is 3. The number of piperazine rings is 1. The molecule has 0 bridgehead atoms. The maximum Gasteiger partial charge on any atom is 0.573 e. The van der Waals surface area contributed by atoms with Crippen LogP contribution in [0.1, 0.15) is 17.0 Å². The number of likely N-dealkylation sites (N-methyl/N-ethyl adjacent to an activating group) is 1. The number of hydrogen-bond acceptors (Lipinski definition) is 8. The molecule has 4 aromatic rings. The number of anilines is 1. The molecule has 0 radical (unpaired) electrons. The summed E-state index contributed by atoms with van der Waals surface area (Å²) < 4.78 is 52.2. The largest absolute Gasteiger partial charge is 0.573 e. The fraction of sp³-hybridized carbons (Fsp3) is 0.320. The lowest BCUT2D eigenvalue weighted by Gasteiger charge is -2.34. The molecule has 0 aliphatic carbocycles. The molecule has 0 atom stereocenters. The lowest BCUT2D eigenvalue weighted by Crippen LogP contribution is -2.44. The van der Waals surface area contributed by atoms with Crippen LogP contribution < -0.4 is 9.64 Å². The summed E-state index contributed by atoms with van der Waals surface area (Å²) in [5, 5.41) is 3.90. The molecule has 0 spiro atoms. The number of hydrogen-bond donors (Lipinski definition) is 0. The molecule has 1 aliphatic heterocycles. The van der Waals surface area contributed by atoms with Crippen LogP contribution in [0, 0.1) is 6.92 Å². The maximum absolute atomic E-state index is 12.4. The van der Waals surface area contributed by atoms with Crippen LogP contribution in [0.4, 0.5) is 18.9 Å². The van der Waals surface area contributed by atoms with Crippen LogP contribution in [-0.4, -0.2) is 59.6 Å². The molecule has 11 heteroatoms. The summed E-state index contributed by atoms with van der Waals surface area (Å²) in [5.74, 6) is 0.823. The van der Waals surface area contributed by atoms with E-state index in [1.807, 2.05) is 13.0 Å². The fourth-order valence-corrected chi connectivity index (χ4v) is 4.03. The third kappa shape index (κ3) is 5.51. The number of aromatic nitrogens is 3. The summed E-state index contributed by atoms with van der Waals surface area (Å²) in [7, 11) is 2.13. The van der Waals surface area contributed by atoms with Crippen molar-refractivity contribution in [3.8, 4) is 28.9 Å². The van der Waals surface area contributed by atoms with E-state index < -0.39 is 6.36 Å². The van der Waals surface area contributed by atoms with E-state index >= 15 is 0 Å². The number of benzene rings is 2. The second-order valence-electron chi connectivity index (χ2n) is 8.66. The Morgan fingerprint density at radius 3 is 2.44 bits per heavy atom. The van der Waals surface area contributed by atoms with Gasteiger partial charge in [0.15, 0.2) is 0 Å². The summed E-state index contributed by atoms with van der Waals surface area (Å²) in [4.78, 5) is 13.4. The number of aryl methyl sites for hydroxylation is 1. The minimum Gasteiger partial charge on any atom is -0.437 e. The normalized spacial score (nSPS) is 14.9. The van der Waals surface area contributed by atoms with Crippen LogP contribution in [0.3, 0.4) is 0 Å². The first kappa shape index (κ1) is 23.9. The van der Waals surface area contributed by atoms with Gasteiger partial charge in [-0.05, 0) is 55.9 Å². The zero-order valence-electron chi connectivity index (χ0n) is 19.7. The van der Waals surface area contributed by atoms with Crippen LogP contribution in [0.2, 0.25) is 0 Å². The molecule has 2 aromatic carbocycles. The minimum absolute atomic E-state index is 0.0844. The molecule has 3 heterocycles. The van der Waals surface area contributed by atoms with Crippen LogP contribution >= 0.6 is 0 Å². The number of nitrogens with zero attached hydrogens (tertiary/aromatic N) is 5. The first-order chi connectivity index (χ1) is 17.2. The molecule has 0 N–H and O–H groups in total. The van der Waals surface area contributed by atoms with Crippen molar-refractivity contribution in [3.05, 3.63) is 65.5 Å². The van der Waals surface area contributed by atoms with Crippen LogP contribution in [-0.2, 0) is 6.42 Å². The quantitative estimate of drug-likeness (QED) is 0.369. The maximum atomic E-state index is 12.4. The van der Waals surface area contributed by atoms with Crippen molar-refractivity contribution >= 4 is 5.69 Å². The first-order valence-corrected chi connectivity index (χ1v) is 11.4. The highest BCUT2D eigenvalue weighted by atomic mass is 19.4. The summed E-state index contributed by atoms with van der Waals surface area (Å²) in [6.07, 6.45) is -4.20. The minimum atomic E-state index is -4.76. The van der Waals surface area contributed by atoms with Crippen LogP contribution in [0.5, 0.6) is 5.75 Å². The van der Waals surface area contributed by atoms with Crippen molar-refractivity contribution in [2.24, 2.45) is 0 Å². The van der Waals surface area contributed by atoms with Crippen LogP contribution in [0.25, 0.3) is 23.2 Å². The average Bonchev–Trinajstić information content (AvgIpc) is 3.47. The Bertz CT molecular complexity index is 1330. The van der Waals surface area contributed by atoms with E-state index in [0.717, 1.165) is 31.7 Å². The molecule has 1 aliphatic rings.